The van der Waals surface area contributed by atoms with Gasteiger partial charge in [-0.15, -0.1) is 0 Å². The number of halogens is 5. The lowest BCUT2D eigenvalue weighted by Crippen LogP contribution is -2.40. The zero-order chi connectivity index (χ0) is 24.6. The molecule has 3 fully saturated rings. The average molecular weight is 475 g/mol. The van der Waals surface area contributed by atoms with E-state index in [9.17, 15) is 26.7 Å². The first kappa shape index (κ1) is 21.0. The van der Waals surface area contributed by atoms with E-state index in [1.807, 2.05) is 5.32 Å². The van der Waals surface area contributed by atoms with Crippen LogP contribution in [-0.2, 0) is 4.74 Å². The van der Waals surface area contributed by atoms with Crippen LogP contribution in [0.2, 0.25) is 0 Å². The maximum Gasteiger partial charge on any atom is 0.410 e. The SMILES string of the molecule is [2H]c1nn2cc(C(N)C3C[C@@H]4[C@H](C3)C4(F)F)nc2cc1[C@@H](COC)N1C[C@@H](C(F)(F)F)NC1=O. The highest BCUT2D eigenvalue weighted by Gasteiger charge is 2.71. The molecule has 180 valence electrons. The predicted molar refractivity (Wildman–Crippen MR) is 104 cm³/mol. The summed E-state index contributed by atoms with van der Waals surface area (Å²) in [6.45, 7) is -0.798. The molecule has 2 amide bonds. The van der Waals surface area contributed by atoms with Crippen molar-refractivity contribution in [1.29, 1.82) is 0 Å². The minimum atomic E-state index is -4.62. The molecule has 8 nitrogen and oxygen atoms in total. The van der Waals surface area contributed by atoms with Crippen molar-refractivity contribution in [3.05, 3.63) is 29.7 Å². The van der Waals surface area contributed by atoms with Crippen molar-refractivity contribution in [2.45, 2.75) is 43.1 Å². The summed E-state index contributed by atoms with van der Waals surface area (Å²) in [7, 11) is 1.33. The van der Waals surface area contributed by atoms with Gasteiger partial charge < -0.3 is 20.7 Å². The second kappa shape index (κ2) is 7.49. The number of fused-ring (bicyclic) bond motifs is 2. The number of methoxy groups -OCH3 is 1. The largest absolute Gasteiger partial charge is 0.410 e. The predicted octanol–water partition coefficient (Wildman–Crippen LogP) is 2.66. The monoisotopic (exact) mass is 475 g/mol. The number of nitrogens with two attached hydrogens (primary N) is 1. The zero-order valence-corrected chi connectivity index (χ0v) is 17.5. The summed E-state index contributed by atoms with van der Waals surface area (Å²) in [5.41, 5.74) is 7.18. The van der Waals surface area contributed by atoms with Gasteiger partial charge in [0, 0.05) is 24.5 Å². The van der Waals surface area contributed by atoms with Crippen LogP contribution in [-0.4, -0.2) is 63.9 Å². The number of nitrogens with one attached hydrogen (secondary N) is 1. The van der Waals surface area contributed by atoms with Crippen molar-refractivity contribution in [2.75, 3.05) is 20.3 Å². The summed E-state index contributed by atoms with van der Waals surface area (Å²) in [5.74, 6) is -4.02. The zero-order valence-electron chi connectivity index (χ0n) is 18.5. The van der Waals surface area contributed by atoms with Crippen molar-refractivity contribution in [2.24, 2.45) is 23.5 Å². The van der Waals surface area contributed by atoms with E-state index in [1.165, 1.54) is 23.9 Å². The Kier molecular flexibility index (Phi) is 4.77. The van der Waals surface area contributed by atoms with Crippen LogP contribution in [0.15, 0.2) is 18.4 Å². The molecule has 5 rings (SSSR count). The molecule has 0 bridgehead atoms. The molecule has 0 spiro atoms. The van der Waals surface area contributed by atoms with Crippen LogP contribution in [0.3, 0.4) is 0 Å². The molecule has 3 heterocycles. The van der Waals surface area contributed by atoms with Gasteiger partial charge in [-0.3, -0.25) is 0 Å². The molecule has 3 aliphatic rings. The number of nitrogens with zero attached hydrogens (tertiary/aromatic N) is 4. The Morgan fingerprint density at radius 1 is 1.39 bits per heavy atom. The minimum absolute atomic E-state index is 0.150. The highest BCUT2D eigenvalue weighted by Crippen LogP contribution is 2.66. The van der Waals surface area contributed by atoms with Gasteiger partial charge in [0.2, 0.25) is 0 Å². The lowest BCUT2D eigenvalue weighted by molar-refractivity contribution is -0.150. The normalized spacial score (nSPS) is 30.8. The number of alkyl halides is 5. The number of rotatable bonds is 6. The van der Waals surface area contributed by atoms with Crippen molar-refractivity contribution in [1.82, 2.24) is 24.8 Å². The summed E-state index contributed by atoms with van der Waals surface area (Å²) < 4.78 is 81.2. The van der Waals surface area contributed by atoms with Crippen LogP contribution in [0.5, 0.6) is 0 Å². The molecule has 0 aromatic carbocycles. The molecule has 3 N–H and O–H groups in total. The van der Waals surface area contributed by atoms with Crippen molar-refractivity contribution in [3.63, 3.8) is 0 Å². The summed E-state index contributed by atoms with van der Waals surface area (Å²) in [5, 5.41) is 6.03. The first-order chi connectivity index (χ1) is 15.9. The van der Waals surface area contributed by atoms with E-state index in [4.69, 9.17) is 11.8 Å². The number of hydrogen-bond acceptors (Lipinski definition) is 5. The number of urea groups is 1. The molecule has 2 aromatic heterocycles. The van der Waals surface area contributed by atoms with Gasteiger partial charge >= 0.3 is 12.2 Å². The van der Waals surface area contributed by atoms with Gasteiger partial charge in [-0.1, -0.05) is 0 Å². The summed E-state index contributed by atoms with van der Waals surface area (Å²) >= 11 is 0. The van der Waals surface area contributed by atoms with E-state index in [2.05, 4.69) is 10.1 Å². The number of ether oxygens (including phenoxy) is 1. The van der Waals surface area contributed by atoms with Crippen molar-refractivity contribution >= 4 is 11.7 Å². The molecule has 1 aliphatic heterocycles. The highest BCUT2D eigenvalue weighted by atomic mass is 19.4. The molecule has 2 unspecified atom stereocenters. The van der Waals surface area contributed by atoms with Gasteiger partial charge in [0.05, 0.1) is 44.7 Å². The van der Waals surface area contributed by atoms with Gasteiger partial charge in [0.1, 0.15) is 6.04 Å². The molecule has 2 aliphatic carbocycles. The third-order valence-electron chi connectivity index (χ3n) is 7.03. The number of aromatic nitrogens is 3. The number of carbonyl (C=O) groups excluding carboxylic acids is 1. The van der Waals surface area contributed by atoms with Gasteiger partial charge in [-0.2, -0.15) is 18.3 Å². The molecular formula is C20H23F5N6O2. The second-order valence-electron chi connectivity index (χ2n) is 8.99. The highest BCUT2D eigenvalue weighted by molar-refractivity contribution is 5.77. The van der Waals surface area contributed by atoms with Crippen LogP contribution in [0.4, 0.5) is 26.7 Å². The van der Waals surface area contributed by atoms with E-state index >= 15 is 0 Å². The standard InChI is InChI=1S/C20H23F5N6O2/c1-33-8-14(30-7-15(20(23,24)25)29-18(30)32)10-4-16-28-13(6-31(16)27-5-10)17(26)9-2-11-12(3-9)19(11,21)22/h4-6,9,11-12,14-15,17H,2-3,7-8,26H2,1H3,(H,29,32)/t9?,11-,12+,14-,15+,17?/m1/s1/i5D. The third-order valence-corrected chi connectivity index (χ3v) is 7.03. The number of imidazole rings is 1. The molecule has 1 saturated heterocycles. The Bertz CT molecular complexity index is 1110. The maximum atomic E-state index is 13.5. The quantitative estimate of drug-likeness (QED) is 0.627. The maximum absolute atomic E-state index is 13.5. The van der Waals surface area contributed by atoms with Gasteiger partial charge in [0.25, 0.3) is 5.92 Å². The second-order valence-corrected chi connectivity index (χ2v) is 8.99. The molecule has 0 radical (unpaired) electrons. The third kappa shape index (κ3) is 3.70. The summed E-state index contributed by atoms with van der Waals surface area (Å²) in [6.07, 6.45) is -2.73. The fourth-order valence-electron chi connectivity index (χ4n) is 5.10. The number of amides is 2. The van der Waals surface area contributed by atoms with Crippen LogP contribution >= 0.6 is 0 Å². The molecule has 2 aromatic rings. The van der Waals surface area contributed by atoms with E-state index in [-0.39, 0.29) is 29.9 Å². The Hall–Kier alpha value is -2.54. The topological polar surface area (TPSA) is 97.8 Å². The molecule has 33 heavy (non-hydrogen) atoms. The van der Waals surface area contributed by atoms with E-state index in [0.29, 0.717) is 18.5 Å². The number of hydrogen-bond donors (Lipinski definition) is 2. The van der Waals surface area contributed by atoms with E-state index in [0.717, 1.165) is 4.90 Å². The van der Waals surface area contributed by atoms with Crippen LogP contribution in [0.25, 0.3) is 5.65 Å². The van der Waals surface area contributed by atoms with Crippen LogP contribution in [0, 0.1) is 17.8 Å². The van der Waals surface area contributed by atoms with E-state index in [1.54, 1.807) is 0 Å². The lowest BCUT2D eigenvalue weighted by Gasteiger charge is -2.26. The average Bonchev–Trinajstić information content (AvgIpc) is 3.28. The van der Waals surface area contributed by atoms with Crippen molar-refractivity contribution < 1.29 is 32.9 Å². The fourth-order valence-corrected chi connectivity index (χ4v) is 5.10. The Balaban J connectivity index is 1.41. The first-order valence-electron chi connectivity index (χ1n) is 11.0. The van der Waals surface area contributed by atoms with Crippen molar-refractivity contribution in [3.8, 4) is 0 Å². The van der Waals surface area contributed by atoms with Gasteiger partial charge in [-0.25, -0.2) is 23.1 Å². The van der Waals surface area contributed by atoms with Gasteiger partial charge in [-0.05, 0) is 24.8 Å². The summed E-state index contributed by atoms with van der Waals surface area (Å²) in [4.78, 5) is 17.7. The Morgan fingerprint density at radius 2 is 2.09 bits per heavy atom. The molecule has 6 atom stereocenters. The fraction of sp³-hybridized carbons (Fsp3) is 0.650. The van der Waals surface area contributed by atoms with Crippen LogP contribution in [0.1, 0.15) is 37.6 Å². The summed E-state index contributed by atoms with van der Waals surface area (Å²) in [6, 6.07) is -3.09. The van der Waals surface area contributed by atoms with Gasteiger partial charge in [0.15, 0.2) is 5.65 Å². The smallest absolute Gasteiger partial charge is 0.382 e. The minimum Gasteiger partial charge on any atom is -0.382 e. The molecular weight excluding hydrogens is 451 g/mol. The Morgan fingerprint density at radius 3 is 2.70 bits per heavy atom. The molecule has 13 heteroatoms. The lowest BCUT2D eigenvalue weighted by atomic mass is 9.93. The van der Waals surface area contributed by atoms with Crippen LogP contribution < -0.4 is 11.1 Å². The number of carbonyl (C=O) groups is 1. The Labute approximate surface area is 186 Å². The molecule has 2 saturated carbocycles. The first-order valence-corrected chi connectivity index (χ1v) is 10.5. The van der Waals surface area contributed by atoms with E-state index < -0.39 is 54.6 Å².